The minimum Gasteiger partial charge on any atom is -0.178 e. The van der Waals surface area contributed by atoms with Gasteiger partial charge in [-0.25, -0.2) is 0 Å². The van der Waals surface area contributed by atoms with Gasteiger partial charge < -0.3 is 0 Å². The van der Waals surface area contributed by atoms with Crippen LogP contribution in [0.15, 0.2) is 57.6 Å². The largest absolute Gasteiger partial charge is 0.178 e. The smallest absolute Gasteiger partial charge is 0.120 e. The van der Waals surface area contributed by atoms with Gasteiger partial charge in [-0.1, -0.05) is 41.6 Å². The number of allylic oxidation sites excluding steroid dienone is 3. The van der Waals surface area contributed by atoms with Gasteiger partial charge in [0.2, 0.25) is 0 Å². The summed E-state index contributed by atoms with van der Waals surface area (Å²) in [6.45, 7) is 0. The van der Waals surface area contributed by atoms with Crippen molar-refractivity contribution in [3.8, 4) is 0 Å². The quantitative estimate of drug-likeness (QED) is 0.679. The number of hydrazone groups is 1. The molecule has 4 heteroatoms. The van der Waals surface area contributed by atoms with Gasteiger partial charge in [-0.15, -0.1) is 5.11 Å². The summed E-state index contributed by atoms with van der Waals surface area (Å²) in [6, 6.07) is 8.08. The predicted octanol–water partition coefficient (Wildman–Crippen LogP) is 2.27. The van der Waals surface area contributed by atoms with Gasteiger partial charge in [0.05, 0.1) is 0 Å². The summed E-state index contributed by atoms with van der Waals surface area (Å²) in [5.74, 6) is 0. The average molecular weight is 196 g/mol. The van der Waals surface area contributed by atoms with Crippen LogP contribution >= 0.6 is 0 Å². The first kappa shape index (κ1) is 8.11. The van der Waals surface area contributed by atoms with E-state index in [1.54, 1.807) is 0 Å². The molecule has 0 aromatic heterocycles. The fraction of sp³-hybridized carbons (Fsp3) is 0. The molecular weight excluding hydrogens is 188 g/mol. The van der Waals surface area contributed by atoms with E-state index in [4.69, 9.17) is 0 Å². The maximum Gasteiger partial charge on any atom is 0.120 e. The zero-order valence-corrected chi connectivity index (χ0v) is 7.88. The Balaban J connectivity index is 2.25. The molecule has 0 bridgehead atoms. The van der Waals surface area contributed by atoms with Crippen LogP contribution in [0.1, 0.15) is 11.1 Å². The molecule has 3 rings (SSSR count). The first-order chi connectivity index (χ1) is 7.45. The first-order valence-corrected chi connectivity index (χ1v) is 4.67. The van der Waals surface area contributed by atoms with Crippen LogP contribution in [0.5, 0.6) is 0 Å². The summed E-state index contributed by atoms with van der Waals surface area (Å²) in [5.41, 5.74) is 6.37. The average Bonchev–Trinajstić information content (AvgIpc) is 2.48. The second-order valence-corrected chi connectivity index (χ2v) is 3.26. The molecule has 1 N–H and O–H groups in total. The zero-order valence-electron chi connectivity index (χ0n) is 7.88. The van der Waals surface area contributed by atoms with E-state index >= 15 is 0 Å². The van der Waals surface area contributed by atoms with E-state index < -0.39 is 0 Å². The zero-order chi connectivity index (χ0) is 10.1. The van der Waals surface area contributed by atoms with Crippen molar-refractivity contribution in [3.05, 3.63) is 53.2 Å². The summed E-state index contributed by atoms with van der Waals surface area (Å²) < 4.78 is 0. The van der Waals surface area contributed by atoms with Gasteiger partial charge >= 0.3 is 0 Å². The van der Waals surface area contributed by atoms with E-state index in [2.05, 4.69) is 27.0 Å². The van der Waals surface area contributed by atoms with Gasteiger partial charge in [-0.3, -0.25) is 0 Å². The van der Waals surface area contributed by atoms with Crippen LogP contribution in [0.3, 0.4) is 0 Å². The van der Waals surface area contributed by atoms with E-state index in [0.717, 1.165) is 22.5 Å². The Morgan fingerprint density at radius 3 is 3.07 bits per heavy atom. The summed E-state index contributed by atoms with van der Waals surface area (Å²) in [5, 5.41) is 11.8. The van der Waals surface area contributed by atoms with Gasteiger partial charge in [-0.2, -0.15) is 10.6 Å². The molecule has 72 valence electrons. The fourth-order valence-corrected chi connectivity index (χ4v) is 1.66. The Labute approximate surface area is 86.7 Å². The predicted molar refractivity (Wildman–Crippen MR) is 58.1 cm³/mol. The molecule has 1 aliphatic heterocycles. The summed E-state index contributed by atoms with van der Waals surface area (Å²) in [7, 11) is 0. The highest BCUT2D eigenvalue weighted by atomic mass is 15.6. The molecule has 0 saturated carbocycles. The van der Waals surface area contributed by atoms with Crippen LogP contribution in [0.2, 0.25) is 0 Å². The SMILES string of the molecule is C1=Cc2ccccc2C2=NNN=NC2=C1. The Morgan fingerprint density at radius 2 is 2.07 bits per heavy atom. The van der Waals surface area contributed by atoms with Crippen molar-refractivity contribution in [1.29, 1.82) is 0 Å². The Hall–Kier alpha value is -2.23. The number of hydrogen-bond donors (Lipinski definition) is 1. The number of nitrogens with zero attached hydrogens (tertiary/aromatic N) is 3. The summed E-state index contributed by atoms with van der Waals surface area (Å²) in [4.78, 5) is 0. The Kier molecular flexibility index (Phi) is 1.71. The molecule has 0 unspecified atom stereocenters. The van der Waals surface area contributed by atoms with Crippen LogP contribution in [-0.4, -0.2) is 5.71 Å². The van der Waals surface area contributed by atoms with Crippen LogP contribution in [0, 0.1) is 0 Å². The molecule has 0 radical (unpaired) electrons. The third-order valence-electron chi connectivity index (χ3n) is 2.35. The van der Waals surface area contributed by atoms with Gasteiger partial charge in [0.25, 0.3) is 0 Å². The van der Waals surface area contributed by atoms with E-state index in [1.807, 2.05) is 36.4 Å². The second kappa shape index (κ2) is 3.16. The molecule has 0 fully saturated rings. The lowest BCUT2D eigenvalue weighted by Gasteiger charge is -2.10. The van der Waals surface area contributed by atoms with Crippen molar-refractivity contribution in [1.82, 2.24) is 5.53 Å². The third-order valence-corrected chi connectivity index (χ3v) is 2.35. The van der Waals surface area contributed by atoms with Gasteiger partial charge in [0.1, 0.15) is 11.4 Å². The number of hydrogen-bond acceptors (Lipinski definition) is 4. The maximum atomic E-state index is 4.15. The lowest BCUT2D eigenvalue weighted by molar-refractivity contribution is 0.724. The number of fused-ring (bicyclic) bond motifs is 3. The van der Waals surface area contributed by atoms with Crippen LogP contribution < -0.4 is 5.53 Å². The summed E-state index contributed by atoms with van der Waals surface area (Å²) in [6.07, 6.45) is 5.91. The third kappa shape index (κ3) is 1.27. The Morgan fingerprint density at radius 1 is 1.13 bits per heavy atom. The van der Waals surface area contributed by atoms with Crippen molar-refractivity contribution in [2.24, 2.45) is 15.4 Å². The lowest BCUT2D eigenvalue weighted by Crippen LogP contribution is -2.13. The van der Waals surface area contributed by atoms with Crippen LogP contribution in [0.4, 0.5) is 0 Å². The van der Waals surface area contributed by atoms with Crippen LogP contribution in [-0.2, 0) is 0 Å². The van der Waals surface area contributed by atoms with E-state index in [1.165, 1.54) is 0 Å². The second-order valence-electron chi connectivity index (χ2n) is 3.26. The lowest BCUT2D eigenvalue weighted by atomic mass is 10.0. The minimum atomic E-state index is 0.787. The van der Waals surface area contributed by atoms with Crippen LogP contribution in [0.25, 0.3) is 6.08 Å². The highest BCUT2D eigenvalue weighted by Crippen LogP contribution is 2.21. The molecule has 0 amide bonds. The fourth-order valence-electron chi connectivity index (χ4n) is 1.66. The molecule has 1 aromatic rings. The molecule has 1 aliphatic carbocycles. The van der Waals surface area contributed by atoms with E-state index in [9.17, 15) is 0 Å². The van der Waals surface area contributed by atoms with Gasteiger partial charge in [0, 0.05) is 5.56 Å². The van der Waals surface area contributed by atoms with Crippen molar-refractivity contribution in [2.45, 2.75) is 0 Å². The Bertz CT molecular complexity index is 523. The normalized spacial score (nSPS) is 16.8. The number of benzene rings is 1. The molecule has 15 heavy (non-hydrogen) atoms. The maximum absolute atomic E-state index is 4.15. The van der Waals surface area contributed by atoms with Gasteiger partial charge in [-0.05, 0) is 11.6 Å². The molecule has 0 saturated heterocycles. The molecule has 1 heterocycles. The number of rotatable bonds is 0. The topological polar surface area (TPSA) is 49.1 Å². The minimum absolute atomic E-state index is 0.787. The molecule has 0 spiro atoms. The van der Waals surface area contributed by atoms with Crippen molar-refractivity contribution < 1.29 is 0 Å². The van der Waals surface area contributed by atoms with Gasteiger partial charge in [0.15, 0.2) is 0 Å². The molecule has 0 atom stereocenters. The number of nitrogens with one attached hydrogen (secondary N) is 1. The standard InChI is InChI=1S/C11H8N4/c1-2-6-9-8(4-1)5-3-7-10-11(9)13-15-14-12-10/h1-7H,(H,12,15). The van der Waals surface area contributed by atoms with Crippen molar-refractivity contribution in [2.75, 3.05) is 0 Å². The highest BCUT2D eigenvalue weighted by molar-refractivity contribution is 6.15. The summed E-state index contributed by atoms with van der Waals surface area (Å²) >= 11 is 0. The molecule has 4 nitrogen and oxygen atoms in total. The highest BCUT2D eigenvalue weighted by Gasteiger charge is 2.16. The monoisotopic (exact) mass is 196 g/mol. The van der Waals surface area contributed by atoms with Crippen molar-refractivity contribution >= 4 is 11.8 Å². The molecular formula is C11H8N4. The van der Waals surface area contributed by atoms with E-state index in [0.29, 0.717) is 0 Å². The molecule has 2 aliphatic rings. The molecule has 1 aromatic carbocycles. The van der Waals surface area contributed by atoms with E-state index in [-0.39, 0.29) is 0 Å². The first-order valence-electron chi connectivity index (χ1n) is 4.67. The van der Waals surface area contributed by atoms with Crippen molar-refractivity contribution in [3.63, 3.8) is 0 Å².